The number of aromatic amines is 1. The van der Waals surface area contributed by atoms with E-state index in [1.165, 1.54) is 0 Å². The molecule has 1 aromatic heterocycles. The van der Waals surface area contributed by atoms with Gasteiger partial charge in [-0.2, -0.15) is 0 Å². The molecule has 1 heterocycles. The lowest BCUT2D eigenvalue weighted by Gasteiger charge is -1.94. The number of hydrogen-bond donors (Lipinski definition) is 1. The van der Waals surface area contributed by atoms with Crippen molar-refractivity contribution in [3.05, 3.63) is 35.5 Å². The minimum atomic E-state index is 0.159. The van der Waals surface area contributed by atoms with E-state index in [1.807, 2.05) is 32.0 Å². The molecule has 2 heteroatoms. The molecule has 0 amide bonds. The first kappa shape index (κ1) is 9.00. The maximum Gasteiger partial charge on any atom is 0.179 e. The summed E-state index contributed by atoms with van der Waals surface area (Å²) in [4.78, 5) is 14.7. The molecule has 1 aromatic carbocycles. The van der Waals surface area contributed by atoms with Crippen LogP contribution in [0.1, 0.15) is 29.4 Å². The van der Waals surface area contributed by atoms with Crippen LogP contribution in [0.25, 0.3) is 10.9 Å². The predicted molar refractivity (Wildman–Crippen MR) is 56.5 cm³/mol. The Morgan fingerprint density at radius 1 is 1.57 bits per heavy atom. The zero-order valence-corrected chi connectivity index (χ0v) is 8.35. The van der Waals surface area contributed by atoms with E-state index in [9.17, 15) is 4.79 Å². The third-order valence-electron chi connectivity index (χ3n) is 2.49. The maximum absolute atomic E-state index is 11.6. The fraction of sp³-hybridized carbons (Fsp3) is 0.250. The van der Waals surface area contributed by atoms with Crippen molar-refractivity contribution in [2.24, 2.45) is 0 Å². The molecule has 2 aromatic rings. The van der Waals surface area contributed by atoms with Gasteiger partial charge in [-0.25, -0.2) is 0 Å². The number of aromatic nitrogens is 1. The SMILES string of the molecule is CCC(=O)c1[nH]c2[c]cccc2c1C. The summed E-state index contributed by atoms with van der Waals surface area (Å²) < 4.78 is 0. The van der Waals surface area contributed by atoms with Crippen LogP contribution in [0.15, 0.2) is 18.2 Å². The van der Waals surface area contributed by atoms with Crippen molar-refractivity contribution in [2.45, 2.75) is 20.3 Å². The third-order valence-corrected chi connectivity index (χ3v) is 2.49. The van der Waals surface area contributed by atoms with Crippen molar-refractivity contribution >= 4 is 16.7 Å². The van der Waals surface area contributed by atoms with E-state index < -0.39 is 0 Å². The number of carbonyl (C=O) groups is 1. The predicted octanol–water partition coefficient (Wildman–Crippen LogP) is 2.87. The minimum absolute atomic E-state index is 0.159. The topological polar surface area (TPSA) is 32.9 Å². The molecule has 0 spiro atoms. The van der Waals surface area contributed by atoms with Crippen LogP contribution in [0, 0.1) is 13.0 Å². The van der Waals surface area contributed by atoms with Crippen molar-refractivity contribution in [1.29, 1.82) is 0 Å². The highest BCUT2D eigenvalue weighted by molar-refractivity contribution is 6.01. The van der Waals surface area contributed by atoms with Gasteiger partial charge in [0.1, 0.15) is 0 Å². The quantitative estimate of drug-likeness (QED) is 0.719. The molecular weight excluding hydrogens is 174 g/mol. The second-order valence-electron chi connectivity index (χ2n) is 3.36. The highest BCUT2D eigenvalue weighted by atomic mass is 16.1. The first-order valence-electron chi connectivity index (χ1n) is 4.76. The van der Waals surface area contributed by atoms with E-state index in [-0.39, 0.29) is 5.78 Å². The molecule has 0 bridgehead atoms. The normalized spacial score (nSPS) is 10.7. The molecule has 0 saturated carbocycles. The van der Waals surface area contributed by atoms with Crippen LogP contribution in [0.5, 0.6) is 0 Å². The molecule has 0 saturated heterocycles. The third kappa shape index (κ3) is 1.23. The Kier molecular flexibility index (Phi) is 2.12. The van der Waals surface area contributed by atoms with Crippen LogP contribution in [-0.2, 0) is 0 Å². The van der Waals surface area contributed by atoms with Crippen molar-refractivity contribution in [3.8, 4) is 0 Å². The number of rotatable bonds is 2. The lowest BCUT2D eigenvalue weighted by atomic mass is 10.1. The summed E-state index contributed by atoms with van der Waals surface area (Å²) in [6, 6.07) is 8.87. The van der Waals surface area contributed by atoms with E-state index in [0.29, 0.717) is 6.42 Å². The average molecular weight is 186 g/mol. The summed E-state index contributed by atoms with van der Waals surface area (Å²) in [5.74, 6) is 0.159. The van der Waals surface area contributed by atoms with Crippen molar-refractivity contribution in [2.75, 3.05) is 0 Å². The monoisotopic (exact) mass is 186 g/mol. The van der Waals surface area contributed by atoms with Gasteiger partial charge in [-0.05, 0) is 12.5 Å². The summed E-state index contributed by atoms with van der Waals surface area (Å²) in [5, 5.41) is 1.09. The summed E-state index contributed by atoms with van der Waals surface area (Å²) in [5.41, 5.74) is 2.68. The van der Waals surface area contributed by atoms with Gasteiger partial charge in [0.15, 0.2) is 5.78 Å². The Balaban J connectivity index is 2.68. The minimum Gasteiger partial charge on any atom is -0.351 e. The molecule has 0 aliphatic carbocycles. The summed E-state index contributed by atoms with van der Waals surface area (Å²) in [6.45, 7) is 3.84. The standard InChI is InChI=1S/C12H12NO/c1-3-11(14)12-8(2)9-6-4-5-7-10(9)13-12/h4-6,13H,3H2,1-2H3. The highest BCUT2D eigenvalue weighted by Gasteiger charge is 2.12. The van der Waals surface area contributed by atoms with E-state index in [4.69, 9.17) is 0 Å². The Morgan fingerprint density at radius 3 is 3.00 bits per heavy atom. The van der Waals surface area contributed by atoms with Gasteiger partial charge in [0, 0.05) is 17.9 Å². The number of hydrogen-bond acceptors (Lipinski definition) is 1. The summed E-state index contributed by atoms with van der Waals surface area (Å²) in [7, 11) is 0. The van der Waals surface area contributed by atoms with Gasteiger partial charge in [0.05, 0.1) is 11.2 Å². The van der Waals surface area contributed by atoms with Gasteiger partial charge in [0.2, 0.25) is 0 Å². The van der Waals surface area contributed by atoms with Crippen LogP contribution in [0.3, 0.4) is 0 Å². The second-order valence-corrected chi connectivity index (χ2v) is 3.36. The first-order chi connectivity index (χ1) is 6.74. The van der Waals surface area contributed by atoms with E-state index in [2.05, 4.69) is 11.1 Å². The lowest BCUT2D eigenvalue weighted by molar-refractivity contribution is 0.0983. The number of para-hydroxylation sites is 1. The molecule has 0 fully saturated rings. The van der Waals surface area contributed by atoms with Crippen LogP contribution in [-0.4, -0.2) is 10.8 Å². The van der Waals surface area contributed by atoms with Crippen LogP contribution >= 0.6 is 0 Å². The largest absolute Gasteiger partial charge is 0.351 e. The van der Waals surface area contributed by atoms with Gasteiger partial charge in [-0.15, -0.1) is 0 Å². The fourth-order valence-electron chi connectivity index (χ4n) is 1.66. The molecule has 0 aliphatic rings. The van der Waals surface area contributed by atoms with Crippen molar-refractivity contribution < 1.29 is 4.79 Å². The Labute approximate surface area is 82.9 Å². The summed E-state index contributed by atoms with van der Waals surface area (Å²) >= 11 is 0. The van der Waals surface area contributed by atoms with Crippen molar-refractivity contribution in [1.82, 2.24) is 4.98 Å². The van der Waals surface area contributed by atoms with Crippen LogP contribution in [0.4, 0.5) is 0 Å². The first-order valence-corrected chi connectivity index (χ1v) is 4.76. The Hall–Kier alpha value is -1.57. The van der Waals surface area contributed by atoms with Crippen LogP contribution < -0.4 is 0 Å². The van der Waals surface area contributed by atoms with E-state index in [0.717, 1.165) is 22.2 Å². The smallest absolute Gasteiger partial charge is 0.179 e. The van der Waals surface area contributed by atoms with E-state index in [1.54, 1.807) is 0 Å². The lowest BCUT2D eigenvalue weighted by Crippen LogP contribution is -1.98. The highest BCUT2D eigenvalue weighted by Crippen LogP contribution is 2.21. The molecule has 1 radical (unpaired) electrons. The summed E-state index contributed by atoms with van der Waals surface area (Å²) in [6.07, 6.45) is 0.535. The Morgan fingerprint density at radius 2 is 2.36 bits per heavy atom. The maximum atomic E-state index is 11.6. The molecule has 14 heavy (non-hydrogen) atoms. The second kappa shape index (κ2) is 3.29. The van der Waals surface area contributed by atoms with Gasteiger partial charge >= 0.3 is 0 Å². The number of aryl methyl sites for hydroxylation is 1. The van der Waals surface area contributed by atoms with Crippen LogP contribution in [0.2, 0.25) is 0 Å². The molecule has 2 nitrogen and oxygen atoms in total. The van der Waals surface area contributed by atoms with E-state index >= 15 is 0 Å². The number of benzene rings is 1. The van der Waals surface area contributed by atoms with Crippen molar-refractivity contribution in [3.63, 3.8) is 0 Å². The number of nitrogens with one attached hydrogen (secondary N) is 1. The fourth-order valence-corrected chi connectivity index (χ4v) is 1.66. The molecular formula is C12H12NO. The van der Waals surface area contributed by atoms with Gasteiger partial charge in [-0.1, -0.05) is 25.1 Å². The molecule has 2 rings (SSSR count). The number of fused-ring (bicyclic) bond motifs is 1. The molecule has 0 unspecified atom stereocenters. The van der Waals surface area contributed by atoms with Gasteiger partial charge in [-0.3, -0.25) is 4.79 Å². The number of H-pyrrole nitrogens is 1. The number of Topliss-reactive ketones (excluding diaryl/α,β-unsaturated/α-hetero) is 1. The number of ketones is 1. The molecule has 71 valence electrons. The molecule has 0 atom stereocenters. The average Bonchev–Trinajstić information content (AvgIpc) is 2.56. The zero-order chi connectivity index (χ0) is 10.1. The zero-order valence-electron chi connectivity index (χ0n) is 8.35. The Bertz CT molecular complexity index is 482. The molecule has 0 aliphatic heterocycles. The molecule has 1 N–H and O–H groups in total. The van der Waals surface area contributed by atoms with Gasteiger partial charge in [0.25, 0.3) is 0 Å². The number of carbonyl (C=O) groups excluding carboxylic acids is 1. The van der Waals surface area contributed by atoms with Gasteiger partial charge < -0.3 is 4.98 Å².